The van der Waals surface area contributed by atoms with Crippen LogP contribution >= 0.6 is 0 Å². The number of hydrogen-bond acceptors (Lipinski definition) is 4. The summed E-state index contributed by atoms with van der Waals surface area (Å²) in [5.41, 5.74) is 3.55. The Hall–Kier alpha value is -2.37. The summed E-state index contributed by atoms with van der Waals surface area (Å²) < 4.78 is 1.92. The highest BCUT2D eigenvalue weighted by Crippen LogP contribution is 2.39. The molecule has 6 nitrogen and oxygen atoms in total. The summed E-state index contributed by atoms with van der Waals surface area (Å²) in [4.78, 5) is 10.4. The lowest BCUT2D eigenvalue weighted by Crippen LogP contribution is -2.06. The molecule has 0 saturated heterocycles. The molecular weight excluding hydrogens is 280 g/mol. The van der Waals surface area contributed by atoms with Crippen LogP contribution in [0.1, 0.15) is 42.9 Å². The second kappa shape index (κ2) is 5.12. The Morgan fingerprint density at radius 1 is 1.23 bits per heavy atom. The van der Waals surface area contributed by atoms with Crippen LogP contribution in [0.3, 0.4) is 0 Å². The Morgan fingerprint density at radius 2 is 1.95 bits per heavy atom. The molecule has 22 heavy (non-hydrogen) atoms. The molecule has 1 fully saturated rings. The quantitative estimate of drug-likeness (QED) is 0.696. The number of rotatable bonds is 3. The van der Waals surface area contributed by atoms with Crippen LogP contribution in [-0.4, -0.2) is 21.2 Å². The third-order valence-electron chi connectivity index (χ3n) is 4.73. The number of aromatic nitrogens is 2. The number of non-ortho nitro benzene ring substituents is 1. The highest BCUT2D eigenvalue weighted by molar-refractivity contribution is 5.58. The average molecular weight is 298 g/mol. The molecule has 2 heterocycles. The first-order valence-electron chi connectivity index (χ1n) is 7.84. The van der Waals surface area contributed by atoms with Gasteiger partial charge in [0.05, 0.1) is 16.3 Å². The van der Waals surface area contributed by atoms with Gasteiger partial charge in [0.25, 0.3) is 5.69 Å². The fourth-order valence-corrected chi connectivity index (χ4v) is 3.63. The Bertz CT molecular complexity index is 714. The van der Waals surface area contributed by atoms with Gasteiger partial charge in [-0.25, -0.2) is 4.68 Å². The summed E-state index contributed by atoms with van der Waals surface area (Å²) in [6.45, 7) is 0.944. The van der Waals surface area contributed by atoms with Crippen molar-refractivity contribution in [3.8, 4) is 5.69 Å². The van der Waals surface area contributed by atoms with Crippen LogP contribution in [0.5, 0.6) is 0 Å². The standard InChI is InChI=1S/C16H18N4O2/c21-20(22)13-7-5-12(6-8-13)19-16-14(9-10-17-16)15(18-19)11-3-1-2-4-11/h5-8,11,17H,1-4,9-10H2. The van der Waals surface area contributed by atoms with Crippen LogP contribution < -0.4 is 5.32 Å². The van der Waals surface area contributed by atoms with E-state index in [4.69, 9.17) is 5.10 Å². The van der Waals surface area contributed by atoms with Crippen LogP contribution in [0.4, 0.5) is 11.5 Å². The third kappa shape index (κ3) is 2.06. The smallest absolute Gasteiger partial charge is 0.269 e. The molecule has 0 bridgehead atoms. The molecule has 2 aromatic rings. The molecule has 1 N–H and O–H groups in total. The van der Waals surface area contributed by atoms with E-state index < -0.39 is 0 Å². The first kappa shape index (κ1) is 13.3. The first-order chi connectivity index (χ1) is 10.7. The molecule has 6 heteroatoms. The van der Waals surface area contributed by atoms with E-state index in [1.807, 2.05) is 4.68 Å². The van der Waals surface area contributed by atoms with Gasteiger partial charge in [-0.2, -0.15) is 5.10 Å². The summed E-state index contributed by atoms with van der Waals surface area (Å²) in [7, 11) is 0. The van der Waals surface area contributed by atoms with Crippen molar-refractivity contribution in [2.75, 3.05) is 11.9 Å². The number of nitro groups is 1. The molecule has 0 unspecified atom stereocenters. The molecule has 0 spiro atoms. The number of hydrogen-bond donors (Lipinski definition) is 1. The summed E-state index contributed by atoms with van der Waals surface area (Å²) in [5, 5.41) is 19.0. The van der Waals surface area contributed by atoms with E-state index in [9.17, 15) is 10.1 Å². The van der Waals surface area contributed by atoms with Gasteiger partial charge < -0.3 is 5.32 Å². The average Bonchev–Trinajstić information content (AvgIpc) is 3.24. The lowest BCUT2D eigenvalue weighted by atomic mass is 9.99. The molecule has 4 rings (SSSR count). The highest BCUT2D eigenvalue weighted by Gasteiger charge is 2.29. The summed E-state index contributed by atoms with van der Waals surface area (Å²) in [6, 6.07) is 6.61. The summed E-state index contributed by atoms with van der Waals surface area (Å²) in [5.74, 6) is 1.64. The van der Waals surface area contributed by atoms with Crippen LogP contribution in [0.15, 0.2) is 24.3 Å². The van der Waals surface area contributed by atoms with E-state index in [-0.39, 0.29) is 10.6 Å². The van der Waals surface area contributed by atoms with E-state index in [2.05, 4.69) is 5.32 Å². The molecule has 0 amide bonds. The van der Waals surface area contributed by atoms with Crippen molar-refractivity contribution in [3.05, 3.63) is 45.6 Å². The Labute approximate surface area is 128 Å². The monoisotopic (exact) mass is 298 g/mol. The molecule has 0 radical (unpaired) electrons. The first-order valence-corrected chi connectivity index (χ1v) is 7.84. The molecule has 0 atom stereocenters. The number of nitrogens with zero attached hydrogens (tertiary/aromatic N) is 3. The number of fused-ring (bicyclic) bond motifs is 1. The SMILES string of the molecule is O=[N+]([O-])c1ccc(-n2nc(C3CCCC3)c3c2NCC3)cc1. The molecular formula is C16H18N4O2. The zero-order valence-corrected chi connectivity index (χ0v) is 12.3. The van der Waals surface area contributed by atoms with Crippen LogP contribution in [0.2, 0.25) is 0 Å². The molecule has 1 aliphatic heterocycles. The molecule has 114 valence electrons. The van der Waals surface area contributed by atoms with E-state index in [1.54, 1.807) is 12.1 Å². The van der Waals surface area contributed by atoms with Crippen molar-refractivity contribution in [3.63, 3.8) is 0 Å². The van der Waals surface area contributed by atoms with Crippen molar-refractivity contribution in [1.29, 1.82) is 0 Å². The number of benzene rings is 1. The Balaban J connectivity index is 1.75. The second-order valence-electron chi connectivity index (χ2n) is 6.06. The van der Waals surface area contributed by atoms with E-state index in [0.29, 0.717) is 5.92 Å². The Kier molecular flexibility index (Phi) is 3.10. The van der Waals surface area contributed by atoms with Gasteiger partial charge in [0, 0.05) is 30.2 Å². The maximum absolute atomic E-state index is 10.8. The minimum Gasteiger partial charge on any atom is -0.369 e. The van der Waals surface area contributed by atoms with Gasteiger partial charge in [0.2, 0.25) is 0 Å². The van der Waals surface area contributed by atoms with Crippen molar-refractivity contribution in [2.24, 2.45) is 0 Å². The van der Waals surface area contributed by atoms with Gasteiger partial charge in [-0.15, -0.1) is 0 Å². The highest BCUT2D eigenvalue weighted by atomic mass is 16.6. The Morgan fingerprint density at radius 3 is 2.64 bits per heavy atom. The molecule has 1 aliphatic carbocycles. The molecule has 1 saturated carbocycles. The topological polar surface area (TPSA) is 73.0 Å². The fraction of sp³-hybridized carbons (Fsp3) is 0.438. The van der Waals surface area contributed by atoms with E-state index in [1.165, 1.54) is 49.1 Å². The van der Waals surface area contributed by atoms with Crippen LogP contribution in [-0.2, 0) is 6.42 Å². The van der Waals surface area contributed by atoms with E-state index >= 15 is 0 Å². The van der Waals surface area contributed by atoms with Gasteiger partial charge in [-0.05, 0) is 31.4 Å². The van der Waals surface area contributed by atoms with Gasteiger partial charge in [-0.3, -0.25) is 10.1 Å². The largest absolute Gasteiger partial charge is 0.369 e. The van der Waals surface area contributed by atoms with Crippen molar-refractivity contribution in [2.45, 2.75) is 38.0 Å². The molecule has 1 aromatic carbocycles. The van der Waals surface area contributed by atoms with Crippen molar-refractivity contribution >= 4 is 11.5 Å². The van der Waals surface area contributed by atoms with Crippen LogP contribution in [0, 0.1) is 10.1 Å². The maximum Gasteiger partial charge on any atom is 0.269 e. The third-order valence-corrected chi connectivity index (χ3v) is 4.73. The van der Waals surface area contributed by atoms with Gasteiger partial charge in [-0.1, -0.05) is 12.8 Å². The molecule has 1 aromatic heterocycles. The predicted molar refractivity (Wildman–Crippen MR) is 83.6 cm³/mol. The minimum atomic E-state index is -0.375. The number of anilines is 1. The van der Waals surface area contributed by atoms with Crippen LogP contribution in [0.25, 0.3) is 5.69 Å². The zero-order valence-electron chi connectivity index (χ0n) is 12.3. The maximum atomic E-state index is 10.8. The minimum absolute atomic E-state index is 0.108. The molecule has 2 aliphatic rings. The lowest BCUT2D eigenvalue weighted by molar-refractivity contribution is -0.384. The van der Waals surface area contributed by atoms with Crippen molar-refractivity contribution < 1.29 is 4.92 Å². The zero-order chi connectivity index (χ0) is 15.1. The second-order valence-corrected chi connectivity index (χ2v) is 6.06. The van der Waals surface area contributed by atoms with Crippen molar-refractivity contribution in [1.82, 2.24) is 9.78 Å². The summed E-state index contributed by atoms with van der Waals surface area (Å²) in [6.07, 6.45) is 6.05. The normalized spacial score (nSPS) is 17.5. The number of nitrogens with one attached hydrogen (secondary N) is 1. The van der Waals surface area contributed by atoms with Gasteiger partial charge in [0.1, 0.15) is 5.82 Å². The van der Waals surface area contributed by atoms with Gasteiger partial charge in [0.15, 0.2) is 0 Å². The van der Waals surface area contributed by atoms with E-state index in [0.717, 1.165) is 24.5 Å². The summed E-state index contributed by atoms with van der Waals surface area (Å²) >= 11 is 0. The number of nitro benzene ring substituents is 1. The predicted octanol–water partition coefficient (Wildman–Crippen LogP) is 3.41. The lowest BCUT2D eigenvalue weighted by Gasteiger charge is -2.08. The fourth-order valence-electron chi connectivity index (χ4n) is 3.63. The van der Waals surface area contributed by atoms with Gasteiger partial charge >= 0.3 is 0 Å².